The zero-order valence-electron chi connectivity index (χ0n) is 16.5. The third-order valence-electron chi connectivity index (χ3n) is 4.18. The Hall–Kier alpha value is -3.25. The van der Waals surface area contributed by atoms with Gasteiger partial charge in [-0.2, -0.15) is 5.10 Å². The van der Waals surface area contributed by atoms with Gasteiger partial charge in [0.05, 0.1) is 11.4 Å². The van der Waals surface area contributed by atoms with E-state index in [9.17, 15) is 4.79 Å². The lowest BCUT2D eigenvalue weighted by molar-refractivity contribution is 0.252. The van der Waals surface area contributed by atoms with Gasteiger partial charge in [0, 0.05) is 28.2 Å². The molecule has 3 aromatic carbocycles. The summed E-state index contributed by atoms with van der Waals surface area (Å²) in [6.45, 7) is 4.93. The van der Waals surface area contributed by atoms with Crippen molar-refractivity contribution in [1.29, 1.82) is 0 Å². The molecule has 1 aliphatic heterocycles. The fourth-order valence-electron chi connectivity index (χ4n) is 2.93. The highest BCUT2D eigenvalue weighted by atomic mass is 32.2. The van der Waals surface area contributed by atoms with Crippen molar-refractivity contribution in [2.45, 2.75) is 23.6 Å². The van der Waals surface area contributed by atoms with E-state index >= 15 is 0 Å². The first kappa shape index (κ1) is 20.5. The van der Waals surface area contributed by atoms with Crippen LogP contribution in [0.4, 0.5) is 21.9 Å². The van der Waals surface area contributed by atoms with Gasteiger partial charge in [-0.3, -0.25) is 0 Å². The highest BCUT2D eigenvalue weighted by Gasteiger charge is 2.20. The Balaban J connectivity index is 0.000000170. The third-order valence-corrected chi connectivity index (χ3v) is 5.31. The molecule has 0 fully saturated rings. The van der Waals surface area contributed by atoms with Crippen LogP contribution in [0.25, 0.3) is 0 Å². The highest BCUT2D eigenvalue weighted by Crippen LogP contribution is 2.47. The summed E-state index contributed by atoms with van der Waals surface area (Å²) in [4.78, 5) is 16.1. The number of urea groups is 1. The number of carbonyl (C=O) groups is 1. The lowest BCUT2D eigenvalue weighted by atomic mass is 10.2. The number of rotatable bonds is 3. The largest absolute Gasteiger partial charge is 0.340 e. The number of fused-ring (bicyclic) bond motifs is 2. The average Bonchev–Trinajstić information content (AvgIpc) is 2.77. The molecule has 3 aromatic rings. The standard InChI is InChI=1S/C14H13NS.C9H11N3O/c1-2-15-11-7-3-5-9-13(11)16-14-10-6-4-8-12(14)15;1-2-10-12-9(13)11-8-6-4-3-5-7-8/h3-10H,2H2,1H3;2-7H,1H3,(H2,11,12,13)/b;10-2-. The van der Waals surface area contributed by atoms with E-state index in [1.165, 1.54) is 27.4 Å². The van der Waals surface area contributed by atoms with Crippen molar-refractivity contribution in [2.24, 2.45) is 5.10 Å². The number of hydrogen-bond acceptors (Lipinski definition) is 4. The van der Waals surface area contributed by atoms with Crippen LogP contribution in [0.15, 0.2) is 93.8 Å². The smallest absolute Gasteiger partial charge is 0.339 e. The van der Waals surface area contributed by atoms with Crippen molar-refractivity contribution in [3.8, 4) is 0 Å². The second-order valence-corrected chi connectivity index (χ2v) is 7.18. The fourth-order valence-corrected chi connectivity index (χ4v) is 4.02. The van der Waals surface area contributed by atoms with Gasteiger partial charge >= 0.3 is 6.03 Å². The molecule has 0 unspecified atom stereocenters. The second-order valence-electron chi connectivity index (χ2n) is 6.10. The molecule has 0 bridgehead atoms. The molecular formula is C23H24N4OS. The monoisotopic (exact) mass is 404 g/mol. The van der Waals surface area contributed by atoms with Crippen molar-refractivity contribution in [3.63, 3.8) is 0 Å². The Bertz CT molecular complexity index is 930. The quantitative estimate of drug-likeness (QED) is 0.408. The molecule has 0 aliphatic carbocycles. The number of benzene rings is 3. The normalized spacial score (nSPS) is 11.7. The van der Waals surface area contributed by atoms with Crippen LogP contribution >= 0.6 is 11.8 Å². The van der Waals surface area contributed by atoms with Gasteiger partial charge in [-0.1, -0.05) is 54.2 Å². The SMILES string of the molecule is C/C=N\NC(=O)Nc1ccccc1.CCN1c2ccccc2Sc2ccccc21. The van der Waals surface area contributed by atoms with E-state index in [1.807, 2.05) is 30.0 Å². The Morgan fingerprint density at radius 3 is 2.03 bits per heavy atom. The van der Waals surface area contributed by atoms with Crippen LogP contribution in [0, 0.1) is 0 Å². The molecule has 0 radical (unpaired) electrons. The van der Waals surface area contributed by atoms with Gasteiger partial charge in [-0.05, 0) is 50.2 Å². The Morgan fingerprint density at radius 2 is 1.48 bits per heavy atom. The number of para-hydroxylation sites is 3. The van der Waals surface area contributed by atoms with Gasteiger partial charge in [0.25, 0.3) is 0 Å². The van der Waals surface area contributed by atoms with E-state index in [-0.39, 0.29) is 6.03 Å². The summed E-state index contributed by atoms with van der Waals surface area (Å²) in [5.74, 6) is 0. The van der Waals surface area contributed by atoms with E-state index in [0.29, 0.717) is 0 Å². The first-order chi connectivity index (χ1) is 14.2. The number of hydrogen-bond donors (Lipinski definition) is 2. The fraction of sp³-hybridized carbons (Fsp3) is 0.130. The summed E-state index contributed by atoms with van der Waals surface area (Å²) in [5.41, 5.74) is 5.70. The van der Waals surface area contributed by atoms with Crippen LogP contribution in [0.5, 0.6) is 0 Å². The zero-order chi connectivity index (χ0) is 20.5. The molecule has 1 aliphatic rings. The van der Waals surface area contributed by atoms with Crippen LogP contribution in [-0.4, -0.2) is 18.8 Å². The maximum Gasteiger partial charge on any atom is 0.339 e. The Kier molecular flexibility index (Phi) is 7.30. The van der Waals surface area contributed by atoms with E-state index in [2.05, 4.69) is 76.2 Å². The second kappa shape index (κ2) is 10.3. The van der Waals surface area contributed by atoms with Crippen molar-refractivity contribution in [1.82, 2.24) is 5.43 Å². The number of carbonyl (C=O) groups excluding carboxylic acids is 1. The van der Waals surface area contributed by atoms with Crippen LogP contribution in [0.2, 0.25) is 0 Å². The van der Waals surface area contributed by atoms with Crippen LogP contribution in [0.3, 0.4) is 0 Å². The van der Waals surface area contributed by atoms with Crippen molar-refractivity contribution < 1.29 is 4.79 Å². The molecule has 0 aromatic heterocycles. The predicted octanol–water partition coefficient (Wildman–Crippen LogP) is 6.12. The molecule has 148 valence electrons. The van der Waals surface area contributed by atoms with Gasteiger partial charge in [0.15, 0.2) is 0 Å². The molecule has 0 saturated carbocycles. The predicted molar refractivity (Wildman–Crippen MR) is 122 cm³/mol. The maximum absolute atomic E-state index is 11.0. The molecule has 0 atom stereocenters. The summed E-state index contributed by atoms with van der Waals surface area (Å²) in [6.07, 6.45) is 1.50. The van der Waals surface area contributed by atoms with Crippen LogP contribution in [0.1, 0.15) is 13.8 Å². The van der Waals surface area contributed by atoms with Crippen LogP contribution < -0.4 is 15.6 Å². The van der Waals surface area contributed by atoms with E-state index in [0.717, 1.165) is 12.2 Å². The van der Waals surface area contributed by atoms with E-state index in [4.69, 9.17) is 0 Å². The maximum atomic E-state index is 11.0. The van der Waals surface area contributed by atoms with Gasteiger partial charge < -0.3 is 10.2 Å². The third kappa shape index (κ3) is 5.39. The lowest BCUT2D eigenvalue weighted by Gasteiger charge is -2.31. The zero-order valence-corrected chi connectivity index (χ0v) is 17.3. The number of nitrogens with zero attached hydrogens (tertiary/aromatic N) is 2. The number of anilines is 3. The number of hydrazone groups is 1. The van der Waals surface area contributed by atoms with Crippen molar-refractivity contribution in [3.05, 3.63) is 78.9 Å². The molecule has 29 heavy (non-hydrogen) atoms. The molecular weight excluding hydrogens is 380 g/mol. The lowest BCUT2D eigenvalue weighted by Crippen LogP contribution is -2.23. The molecule has 0 spiro atoms. The molecule has 1 heterocycles. The first-order valence-corrected chi connectivity index (χ1v) is 10.3. The average molecular weight is 405 g/mol. The molecule has 4 rings (SSSR count). The highest BCUT2D eigenvalue weighted by molar-refractivity contribution is 7.99. The van der Waals surface area contributed by atoms with Crippen molar-refractivity contribution in [2.75, 3.05) is 16.8 Å². The molecule has 5 nitrogen and oxygen atoms in total. The molecule has 6 heteroatoms. The first-order valence-electron chi connectivity index (χ1n) is 9.46. The number of nitrogens with one attached hydrogen (secondary N) is 2. The van der Waals surface area contributed by atoms with Crippen LogP contribution in [-0.2, 0) is 0 Å². The minimum absolute atomic E-state index is 0.343. The number of amides is 2. The minimum atomic E-state index is -0.343. The summed E-state index contributed by atoms with van der Waals surface area (Å²) < 4.78 is 0. The summed E-state index contributed by atoms with van der Waals surface area (Å²) >= 11 is 1.86. The summed E-state index contributed by atoms with van der Waals surface area (Å²) in [5, 5.41) is 6.19. The summed E-state index contributed by atoms with van der Waals surface area (Å²) in [7, 11) is 0. The molecule has 2 amide bonds. The Morgan fingerprint density at radius 1 is 0.931 bits per heavy atom. The van der Waals surface area contributed by atoms with Gasteiger partial charge in [-0.25, -0.2) is 10.2 Å². The topological polar surface area (TPSA) is 56.7 Å². The van der Waals surface area contributed by atoms with Gasteiger partial charge in [0.2, 0.25) is 0 Å². The molecule has 0 saturated heterocycles. The van der Waals surface area contributed by atoms with E-state index in [1.54, 1.807) is 19.1 Å². The van der Waals surface area contributed by atoms with Gasteiger partial charge in [-0.15, -0.1) is 0 Å². The van der Waals surface area contributed by atoms with Crippen molar-refractivity contribution >= 4 is 41.1 Å². The minimum Gasteiger partial charge on any atom is -0.340 e. The summed E-state index contributed by atoms with van der Waals surface area (Å²) in [6, 6.07) is 26.0. The van der Waals surface area contributed by atoms with Gasteiger partial charge in [0.1, 0.15) is 0 Å². The van der Waals surface area contributed by atoms with E-state index < -0.39 is 0 Å². The Labute approximate surface area is 175 Å². The molecule has 2 N–H and O–H groups in total.